The minimum Gasteiger partial charge on any atom is -0.339 e. The summed E-state index contributed by atoms with van der Waals surface area (Å²) < 4.78 is 13.6. The van der Waals surface area contributed by atoms with Crippen molar-refractivity contribution >= 4 is 51.5 Å². The van der Waals surface area contributed by atoms with E-state index in [0.717, 1.165) is 11.3 Å². The summed E-state index contributed by atoms with van der Waals surface area (Å²) in [6.07, 6.45) is 3.27. The minimum atomic E-state index is -2.59. The van der Waals surface area contributed by atoms with Gasteiger partial charge in [0.2, 0.25) is 5.28 Å². The van der Waals surface area contributed by atoms with Crippen molar-refractivity contribution in [2.75, 3.05) is 18.6 Å². The van der Waals surface area contributed by atoms with E-state index < -0.39 is 7.14 Å². The Bertz CT molecular complexity index is 1030. The van der Waals surface area contributed by atoms with Crippen molar-refractivity contribution in [3.05, 3.63) is 40.3 Å². The molecule has 2 aromatic heterocycles. The number of hydrogen-bond acceptors (Lipinski definition) is 6. The van der Waals surface area contributed by atoms with E-state index in [1.54, 1.807) is 30.5 Å². The number of nitrogens with zero attached hydrogens (tertiary/aromatic N) is 5. The zero-order valence-corrected chi connectivity index (χ0v) is 18.5. The van der Waals surface area contributed by atoms with E-state index in [2.05, 4.69) is 41.4 Å². The maximum Gasteiger partial charge on any atom is 0.224 e. The quantitative estimate of drug-likeness (QED) is 0.430. The van der Waals surface area contributed by atoms with Gasteiger partial charge in [-0.2, -0.15) is 20.0 Å². The van der Waals surface area contributed by atoms with Gasteiger partial charge in [0.05, 0.1) is 22.4 Å². The second-order valence-corrected chi connectivity index (χ2v) is 11.1. The van der Waals surface area contributed by atoms with Crippen LogP contribution in [0.5, 0.6) is 0 Å². The normalized spacial score (nSPS) is 11.8. The molecule has 3 aromatic rings. The molecule has 0 unspecified atom stereocenters. The first-order valence-electron chi connectivity index (χ1n) is 8.22. The van der Waals surface area contributed by atoms with E-state index in [-0.39, 0.29) is 11.3 Å². The molecule has 1 N–H and O–H groups in total. The van der Waals surface area contributed by atoms with Crippen molar-refractivity contribution in [1.82, 2.24) is 25.0 Å². The van der Waals surface area contributed by atoms with Gasteiger partial charge in [0, 0.05) is 17.1 Å². The van der Waals surface area contributed by atoms with Crippen LogP contribution in [0.4, 0.5) is 11.5 Å². The van der Waals surface area contributed by atoms with Crippen molar-refractivity contribution in [2.24, 2.45) is 0 Å². The molecule has 0 aliphatic rings. The lowest BCUT2D eigenvalue weighted by Gasteiger charge is -2.16. The summed E-state index contributed by atoms with van der Waals surface area (Å²) in [6.45, 7) is 7.48. The zero-order valence-electron chi connectivity index (χ0n) is 15.3. The Morgan fingerprint density at radius 2 is 2.00 bits per heavy atom. The molecule has 0 amide bonds. The van der Waals surface area contributed by atoms with Gasteiger partial charge in [-0.15, -0.1) is 0 Å². The van der Waals surface area contributed by atoms with Gasteiger partial charge in [0.1, 0.15) is 18.7 Å². The van der Waals surface area contributed by atoms with Crippen molar-refractivity contribution in [2.45, 2.75) is 19.9 Å². The summed E-state index contributed by atoms with van der Waals surface area (Å²) >= 11 is 9.28. The summed E-state index contributed by atoms with van der Waals surface area (Å²) in [7, 11) is -2.59. The predicted molar refractivity (Wildman–Crippen MR) is 113 cm³/mol. The fourth-order valence-corrected chi connectivity index (χ4v) is 4.04. The highest BCUT2D eigenvalue weighted by Crippen LogP contribution is 2.40. The standard InChI is InChI=1S/C17H19BrClN6OP/c1-10(2)25-21-9-14(24-25)11-5-6-13(15(7-11)27(3,4)26)22-16-12(18)8-20-17(19)23-16/h5-10H,1-4H3,(H,20,22,23). The number of hydrogen-bond donors (Lipinski definition) is 1. The number of rotatable bonds is 5. The smallest absolute Gasteiger partial charge is 0.224 e. The molecule has 0 fully saturated rings. The Balaban J connectivity index is 2.04. The molecule has 0 saturated carbocycles. The molecular weight excluding hydrogens is 451 g/mol. The van der Waals surface area contributed by atoms with Gasteiger partial charge >= 0.3 is 0 Å². The highest BCUT2D eigenvalue weighted by atomic mass is 79.9. The van der Waals surface area contributed by atoms with Crippen LogP contribution < -0.4 is 10.6 Å². The van der Waals surface area contributed by atoms with Crippen LogP contribution in [-0.2, 0) is 4.57 Å². The van der Waals surface area contributed by atoms with Crippen LogP contribution in [0.2, 0.25) is 5.28 Å². The first kappa shape index (κ1) is 20.0. The molecule has 27 heavy (non-hydrogen) atoms. The van der Waals surface area contributed by atoms with Gasteiger partial charge in [-0.05, 0) is 66.8 Å². The second kappa shape index (κ2) is 7.70. The van der Waals surface area contributed by atoms with Crippen molar-refractivity contribution in [3.63, 3.8) is 0 Å². The summed E-state index contributed by atoms with van der Waals surface area (Å²) in [5, 5.41) is 12.8. The Hall–Kier alpha value is -1.76. The predicted octanol–water partition coefficient (Wildman–Crippen LogP) is 4.72. The van der Waals surface area contributed by atoms with Gasteiger partial charge in [-0.3, -0.25) is 0 Å². The van der Waals surface area contributed by atoms with E-state index >= 15 is 0 Å². The Morgan fingerprint density at radius 1 is 1.26 bits per heavy atom. The molecule has 0 aliphatic carbocycles. The fourth-order valence-electron chi connectivity index (χ4n) is 2.46. The number of benzene rings is 1. The lowest BCUT2D eigenvalue weighted by atomic mass is 10.1. The van der Waals surface area contributed by atoms with Crippen LogP contribution in [0.25, 0.3) is 11.3 Å². The third-order valence-corrected chi connectivity index (χ3v) is 6.10. The maximum absolute atomic E-state index is 12.9. The molecular formula is C17H19BrClN6OP. The molecule has 0 spiro atoms. The monoisotopic (exact) mass is 468 g/mol. The van der Waals surface area contributed by atoms with Crippen LogP contribution in [0.15, 0.2) is 35.1 Å². The van der Waals surface area contributed by atoms with Gasteiger partial charge in [0.15, 0.2) is 0 Å². The molecule has 0 radical (unpaired) electrons. The van der Waals surface area contributed by atoms with Crippen molar-refractivity contribution in [1.29, 1.82) is 0 Å². The Labute approximate surface area is 171 Å². The van der Waals surface area contributed by atoms with E-state index in [9.17, 15) is 4.57 Å². The van der Waals surface area contributed by atoms with Gasteiger partial charge in [-0.1, -0.05) is 6.07 Å². The van der Waals surface area contributed by atoms with E-state index in [1.165, 1.54) is 0 Å². The molecule has 0 aliphatic heterocycles. The van der Waals surface area contributed by atoms with Crippen LogP contribution in [0.3, 0.4) is 0 Å². The molecule has 7 nitrogen and oxygen atoms in total. The van der Waals surface area contributed by atoms with Crippen LogP contribution in [0, 0.1) is 0 Å². The average Bonchev–Trinajstić information content (AvgIpc) is 3.08. The highest BCUT2D eigenvalue weighted by Gasteiger charge is 2.19. The molecule has 3 rings (SSSR count). The summed E-state index contributed by atoms with van der Waals surface area (Å²) in [4.78, 5) is 9.74. The van der Waals surface area contributed by atoms with Crippen molar-refractivity contribution < 1.29 is 4.57 Å². The van der Waals surface area contributed by atoms with E-state index in [4.69, 9.17) is 11.6 Å². The molecule has 0 saturated heterocycles. The van der Waals surface area contributed by atoms with Gasteiger partial charge in [0.25, 0.3) is 0 Å². The van der Waals surface area contributed by atoms with Gasteiger partial charge in [-0.25, -0.2) is 4.98 Å². The van der Waals surface area contributed by atoms with Gasteiger partial charge < -0.3 is 9.88 Å². The Kier molecular flexibility index (Phi) is 5.70. The first-order valence-corrected chi connectivity index (χ1v) is 12.0. The lowest BCUT2D eigenvalue weighted by Crippen LogP contribution is -2.11. The number of nitrogens with one attached hydrogen (secondary N) is 1. The first-order chi connectivity index (χ1) is 12.6. The SMILES string of the molecule is CC(C)n1ncc(-c2ccc(Nc3nc(Cl)ncc3Br)c(P(C)(C)=O)c2)n1. The van der Waals surface area contributed by atoms with Crippen molar-refractivity contribution in [3.8, 4) is 11.3 Å². The molecule has 1 aromatic carbocycles. The summed E-state index contributed by atoms with van der Waals surface area (Å²) in [5.74, 6) is 0.503. The lowest BCUT2D eigenvalue weighted by molar-refractivity contribution is 0.467. The molecule has 2 heterocycles. The summed E-state index contributed by atoms with van der Waals surface area (Å²) in [5.41, 5.74) is 2.28. The second-order valence-electron chi connectivity index (χ2n) is 6.69. The third-order valence-electron chi connectivity index (χ3n) is 3.81. The molecule has 10 heteroatoms. The molecule has 0 bridgehead atoms. The largest absolute Gasteiger partial charge is 0.339 e. The maximum atomic E-state index is 12.9. The average molecular weight is 470 g/mol. The third kappa shape index (κ3) is 4.57. The minimum absolute atomic E-state index is 0.125. The molecule has 142 valence electrons. The Morgan fingerprint density at radius 3 is 2.63 bits per heavy atom. The van der Waals surface area contributed by atoms with E-state index in [1.807, 2.05) is 32.0 Å². The van der Waals surface area contributed by atoms with Crippen LogP contribution in [0.1, 0.15) is 19.9 Å². The fraction of sp³-hybridized carbons (Fsp3) is 0.294. The highest BCUT2D eigenvalue weighted by molar-refractivity contribution is 9.10. The number of aromatic nitrogens is 5. The van der Waals surface area contributed by atoms with Crippen LogP contribution in [-0.4, -0.2) is 38.3 Å². The topological polar surface area (TPSA) is 85.6 Å². The number of halogens is 2. The molecule has 0 atom stereocenters. The summed E-state index contributed by atoms with van der Waals surface area (Å²) in [6, 6.07) is 5.82. The van der Waals surface area contributed by atoms with E-state index in [0.29, 0.717) is 21.3 Å². The number of anilines is 2. The zero-order chi connectivity index (χ0) is 19.8. The van der Waals surface area contributed by atoms with Crippen LogP contribution >= 0.6 is 34.7 Å².